The van der Waals surface area contributed by atoms with E-state index in [1.54, 1.807) is 18.5 Å². The van der Waals surface area contributed by atoms with E-state index in [-0.39, 0.29) is 17.9 Å². The molecule has 1 aromatic carbocycles. The molecule has 2 N–H and O–H groups in total. The van der Waals surface area contributed by atoms with Crippen molar-refractivity contribution >= 4 is 35.1 Å². The van der Waals surface area contributed by atoms with Gasteiger partial charge in [0.2, 0.25) is 11.8 Å². The van der Waals surface area contributed by atoms with Gasteiger partial charge in [-0.15, -0.1) is 0 Å². The fourth-order valence-electron chi connectivity index (χ4n) is 5.67. The van der Waals surface area contributed by atoms with Gasteiger partial charge >= 0.3 is 5.97 Å². The van der Waals surface area contributed by atoms with Crippen molar-refractivity contribution in [3.8, 4) is 22.9 Å². The zero-order valence-electron chi connectivity index (χ0n) is 22.2. The first-order valence-electron chi connectivity index (χ1n) is 13.7. The standard InChI is InChI=1S/C29H32Cl2N6O3/c30-22-12-21(13-23(31)14-22)25-9-20(17-36-6-1-19(2-7-36)11-27(38)39)10-26(35-25)40-24-15-32-28(33-16-24)37-8-5-34-29(18-37)3-4-29/h9-10,12-16,19,34H,1-8,11,17-18H2,(H,38,39). The highest BCUT2D eigenvalue weighted by Gasteiger charge is 2.46. The van der Waals surface area contributed by atoms with Crippen molar-refractivity contribution in [1.82, 2.24) is 25.2 Å². The average molecular weight is 584 g/mol. The summed E-state index contributed by atoms with van der Waals surface area (Å²) in [5.74, 6) is 1.15. The van der Waals surface area contributed by atoms with E-state index in [4.69, 9.17) is 38.0 Å². The lowest BCUT2D eigenvalue weighted by Gasteiger charge is -2.33. The Balaban J connectivity index is 1.20. The predicted molar refractivity (Wildman–Crippen MR) is 154 cm³/mol. The lowest BCUT2D eigenvalue weighted by Crippen LogP contribution is -2.53. The van der Waals surface area contributed by atoms with Crippen LogP contribution in [0.15, 0.2) is 42.7 Å². The maximum Gasteiger partial charge on any atom is 0.303 e. The molecule has 3 aliphatic rings. The van der Waals surface area contributed by atoms with Crippen LogP contribution in [-0.4, -0.2) is 69.2 Å². The molecule has 0 unspecified atom stereocenters. The lowest BCUT2D eigenvalue weighted by molar-refractivity contribution is -0.138. The van der Waals surface area contributed by atoms with Crippen LogP contribution >= 0.6 is 23.2 Å². The van der Waals surface area contributed by atoms with Gasteiger partial charge in [0.15, 0.2) is 5.75 Å². The van der Waals surface area contributed by atoms with Crippen LogP contribution in [0, 0.1) is 5.92 Å². The number of benzene rings is 1. The summed E-state index contributed by atoms with van der Waals surface area (Å²) in [5, 5.41) is 13.8. The lowest BCUT2D eigenvalue weighted by atomic mass is 9.93. The molecule has 0 atom stereocenters. The Morgan fingerprint density at radius 2 is 1.77 bits per heavy atom. The molecule has 4 heterocycles. The minimum absolute atomic E-state index is 0.230. The fourth-order valence-corrected chi connectivity index (χ4v) is 6.19. The van der Waals surface area contributed by atoms with Gasteiger partial charge in [0, 0.05) is 59.8 Å². The summed E-state index contributed by atoms with van der Waals surface area (Å²) >= 11 is 12.6. The van der Waals surface area contributed by atoms with E-state index in [2.05, 4.69) is 25.1 Å². The number of halogens is 2. The number of piperidine rings is 1. The van der Waals surface area contributed by atoms with Gasteiger partial charge in [-0.3, -0.25) is 9.69 Å². The smallest absolute Gasteiger partial charge is 0.303 e. The molecule has 2 aliphatic heterocycles. The molecule has 210 valence electrons. The van der Waals surface area contributed by atoms with Gasteiger partial charge in [0.05, 0.1) is 18.1 Å². The van der Waals surface area contributed by atoms with Crippen LogP contribution in [0.25, 0.3) is 11.3 Å². The van der Waals surface area contributed by atoms with Crippen molar-refractivity contribution in [3.05, 3.63) is 58.3 Å². The molecular formula is C29H32Cl2N6O3. The Labute approximate surface area is 243 Å². The topological polar surface area (TPSA) is 104 Å². The first-order valence-corrected chi connectivity index (χ1v) is 14.5. The number of aliphatic carboxylic acids is 1. The second-order valence-electron chi connectivity index (χ2n) is 11.1. The number of nitrogens with one attached hydrogen (secondary N) is 1. The third kappa shape index (κ3) is 6.66. The number of carboxylic acids is 1. The number of pyridine rings is 1. The number of carbonyl (C=O) groups is 1. The Kier molecular flexibility index (Phi) is 7.81. The van der Waals surface area contributed by atoms with Gasteiger partial charge in [0.1, 0.15) is 0 Å². The van der Waals surface area contributed by atoms with Crippen LogP contribution in [0.5, 0.6) is 11.6 Å². The summed E-state index contributed by atoms with van der Waals surface area (Å²) in [6.07, 6.45) is 7.77. The molecule has 1 spiro atoms. The molecule has 1 saturated carbocycles. The van der Waals surface area contributed by atoms with Gasteiger partial charge in [0.25, 0.3) is 0 Å². The number of anilines is 1. The first-order chi connectivity index (χ1) is 19.3. The second-order valence-corrected chi connectivity index (χ2v) is 12.0. The molecule has 9 nitrogen and oxygen atoms in total. The molecule has 6 rings (SSSR count). The van der Waals surface area contributed by atoms with Crippen LogP contribution in [0.3, 0.4) is 0 Å². The van der Waals surface area contributed by atoms with Gasteiger partial charge < -0.3 is 20.1 Å². The fraction of sp³-hybridized carbons (Fsp3) is 0.448. The van der Waals surface area contributed by atoms with E-state index in [9.17, 15) is 4.79 Å². The van der Waals surface area contributed by atoms with Crippen molar-refractivity contribution < 1.29 is 14.6 Å². The average Bonchev–Trinajstić information content (AvgIpc) is 3.67. The van der Waals surface area contributed by atoms with E-state index in [0.29, 0.717) is 39.9 Å². The van der Waals surface area contributed by atoms with E-state index < -0.39 is 5.97 Å². The Morgan fingerprint density at radius 3 is 2.45 bits per heavy atom. The number of ether oxygens (including phenoxy) is 1. The van der Waals surface area contributed by atoms with Crippen molar-refractivity contribution in [1.29, 1.82) is 0 Å². The van der Waals surface area contributed by atoms with Gasteiger partial charge in [-0.2, -0.15) is 0 Å². The minimum atomic E-state index is -0.726. The molecule has 1 aliphatic carbocycles. The van der Waals surface area contributed by atoms with Crippen LogP contribution in [0.1, 0.15) is 37.7 Å². The van der Waals surface area contributed by atoms with E-state index in [1.165, 1.54) is 12.8 Å². The number of hydrogen-bond acceptors (Lipinski definition) is 8. The summed E-state index contributed by atoms with van der Waals surface area (Å²) in [7, 11) is 0. The highest BCUT2D eigenvalue weighted by atomic mass is 35.5. The predicted octanol–water partition coefficient (Wildman–Crippen LogP) is 5.27. The maximum absolute atomic E-state index is 11.1. The van der Waals surface area contributed by atoms with Crippen molar-refractivity contribution in [2.45, 2.75) is 44.2 Å². The first kappa shape index (κ1) is 27.2. The molecule has 3 fully saturated rings. The number of rotatable bonds is 8. The van der Waals surface area contributed by atoms with Crippen molar-refractivity contribution in [3.63, 3.8) is 0 Å². The SMILES string of the molecule is O=C(O)CC1CCN(Cc2cc(Oc3cnc(N4CCNC5(CC5)C4)nc3)nc(-c3cc(Cl)cc(Cl)c3)c2)CC1. The quantitative estimate of drug-likeness (QED) is 0.367. The number of piperazine rings is 1. The van der Waals surface area contributed by atoms with Gasteiger partial charge in [-0.1, -0.05) is 23.2 Å². The Morgan fingerprint density at radius 1 is 1.05 bits per heavy atom. The third-order valence-corrected chi connectivity index (χ3v) is 8.38. The van der Waals surface area contributed by atoms with Crippen LogP contribution in [0.4, 0.5) is 5.95 Å². The monoisotopic (exact) mass is 582 g/mol. The number of aromatic nitrogens is 3. The summed E-state index contributed by atoms with van der Waals surface area (Å²) < 4.78 is 6.17. The van der Waals surface area contributed by atoms with Gasteiger partial charge in [-0.25, -0.2) is 15.0 Å². The molecule has 0 amide bonds. The van der Waals surface area contributed by atoms with Crippen LogP contribution in [-0.2, 0) is 11.3 Å². The van der Waals surface area contributed by atoms with E-state index in [0.717, 1.165) is 56.7 Å². The highest BCUT2D eigenvalue weighted by Crippen LogP contribution is 2.38. The minimum Gasteiger partial charge on any atom is -0.481 e. The van der Waals surface area contributed by atoms with Crippen molar-refractivity contribution in [2.75, 3.05) is 37.6 Å². The van der Waals surface area contributed by atoms with E-state index >= 15 is 0 Å². The number of likely N-dealkylation sites (tertiary alicyclic amines) is 1. The molecule has 11 heteroatoms. The zero-order chi connectivity index (χ0) is 27.7. The number of hydrogen-bond donors (Lipinski definition) is 2. The normalized spacial score (nSPS) is 19.1. The Bertz CT molecular complexity index is 1360. The summed E-state index contributed by atoms with van der Waals surface area (Å²) in [5.41, 5.74) is 2.77. The number of carboxylic acid groups (broad SMARTS) is 1. The molecular weight excluding hydrogens is 551 g/mol. The zero-order valence-corrected chi connectivity index (χ0v) is 23.7. The third-order valence-electron chi connectivity index (χ3n) is 7.95. The van der Waals surface area contributed by atoms with Crippen LogP contribution < -0.4 is 15.0 Å². The molecule has 0 bridgehead atoms. The summed E-state index contributed by atoms with van der Waals surface area (Å²) in [6.45, 7) is 5.13. The van der Waals surface area contributed by atoms with E-state index in [1.807, 2.05) is 24.3 Å². The molecule has 0 radical (unpaired) electrons. The summed E-state index contributed by atoms with van der Waals surface area (Å²) in [6, 6.07) is 9.31. The molecule has 2 saturated heterocycles. The van der Waals surface area contributed by atoms with Crippen molar-refractivity contribution in [2.24, 2.45) is 5.92 Å². The van der Waals surface area contributed by atoms with Crippen LogP contribution in [0.2, 0.25) is 10.0 Å². The second kappa shape index (κ2) is 11.5. The largest absolute Gasteiger partial charge is 0.481 e. The maximum atomic E-state index is 11.1. The summed E-state index contributed by atoms with van der Waals surface area (Å²) in [4.78, 5) is 29.6. The molecule has 3 aromatic rings. The molecule has 2 aromatic heterocycles. The highest BCUT2D eigenvalue weighted by molar-refractivity contribution is 6.35. The Hall–Kier alpha value is -2.98. The van der Waals surface area contributed by atoms with Gasteiger partial charge in [-0.05, 0) is 74.5 Å². The molecule has 40 heavy (non-hydrogen) atoms. The number of nitrogens with zero attached hydrogens (tertiary/aromatic N) is 5.